The minimum absolute atomic E-state index is 0.189. The first-order chi connectivity index (χ1) is 13.7. The summed E-state index contributed by atoms with van der Waals surface area (Å²) in [5.41, 5.74) is 3.79. The maximum atomic E-state index is 12.8. The van der Waals surface area contributed by atoms with Crippen LogP contribution in [0.15, 0.2) is 29.3 Å². The molecule has 0 saturated carbocycles. The van der Waals surface area contributed by atoms with E-state index in [1.54, 1.807) is 19.2 Å². The van der Waals surface area contributed by atoms with Crippen molar-refractivity contribution in [1.82, 2.24) is 14.5 Å². The van der Waals surface area contributed by atoms with Gasteiger partial charge in [-0.25, -0.2) is 9.78 Å². The van der Waals surface area contributed by atoms with Gasteiger partial charge in [0.1, 0.15) is 11.9 Å². The number of pyridine rings is 1. The van der Waals surface area contributed by atoms with Crippen molar-refractivity contribution in [3.8, 4) is 5.82 Å². The van der Waals surface area contributed by atoms with Crippen LogP contribution < -0.4 is 0 Å². The molecule has 1 aliphatic heterocycles. The Kier molecular flexibility index (Phi) is 5.93. The Balaban J connectivity index is 1.93. The SMILES string of the molecule is CCOC(=O)[C@@H](C)N1C(=O)S/C(=C/c2cc(C)n(-c3cc(C)ccn3)c2C)C1=O. The fraction of sp³-hybridized carbons (Fsp3) is 0.333. The van der Waals surface area contributed by atoms with E-state index in [2.05, 4.69) is 4.98 Å². The van der Waals surface area contributed by atoms with Gasteiger partial charge in [0.15, 0.2) is 0 Å². The summed E-state index contributed by atoms with van der Waals surface area (Å²) in [6, 6.07) is 4.90. The normalized spacial score (nSPS) is 16.6. The van der Waals surface area contributed by atoms with E-state index in [0.29, 0.717) is 0 Å². The number of ether oxygens (including phenoxy) is 1. The highest BCUT2D eigenvalue weighted by atomic mass is 32.2. The van der Waals surface area contributed by atoms with Crippen molar-refractivity contribution in [1.29, 1.82) is 0 Å². The summed E-state index contributed by atoms with van der Waals surface area (Å²) in [4.78, 5) is 42.8. The molecule has 8 heteroatoms. The van der Waals surface area contributed by atoms with Crippen molar-refractivity contribution < 1.29 is 19.1 Å². The van der Waals surface area contributed by atoms with Gasteiger partial charge < -0.3 is 9.30 Å². The molecule has 0 spiro atoms. The molecule has 3 heterocycles. The third-order valence-electron chi connectivity index (χ3n) is 4.73. The van der Waals surface area contributed by atoms with Crippen LogP contribution in [0.25, 0.3) is 11.9 Å². The molecule has 2 amide bonds. The van der Waals surface area contributed by atoms with Gasteiger partial charge in [-0.3, -0.25) is 14.5 Å². The summed E-state index contributed by atoms with van der Waals surface area (Å²) in [7, 11) is 0. The van der Waals surface area contributed by atoms with Gasteiger partial charge in [-0.2, -0.15) is 0 Å². The van der Waals surface area contributed by atoms with Crippen molar-refractivity contribution in [2.75, 3.05) is 6.61 Å². The average molecular weight is 413 g/mol. The zero-order chi connectivity index (χ0) is 21.3. The number of esters is 1. The lowest BCUT2D eigenvalue weighted by molar-refractivity contribution is -0.150. The van der Waals surface area contributed by atoms with Crippen LogP contribution in [0.3, 0.4) is 0 Å². The third-order valence-corrected chi connectivity index (χ3v) is 5.61. The van der Waals surface area contributed by atoms with Gasteiger partial charge in [-0.05, 0) is 81.8 Å². The number of carbonyl (C=O) groups excluding carboxylic acids is 3. The Morgan fingerprint density at radius 2 is 2.00 bits per heavy atom. The number of hydrogen-bond donors (Lipinski definition) is 0. The third kappa shape index (κ3) is 3.98. The number of rotatable bonds is 5. The lowest BCUT2D eigenvalue weighted by atomic mass is 10.2. The van der Waals surface area contributed by atoms with E-state index in [4.69, 9.17) is 4.74 Å². The van der Waals surface area contributed by atoms with E-state index >= 15 is 0 Å². The first-order valence-corrected chi connectivity index (χ1v) is 10.1. The Morgan fingerprint density at radius 1 is 1.28 bits per heavy atom. The number of aryl methyl sites for hydroxylation is 2. The van der Waals surface area contributed by atoms with Crippen molar-refractivity contribution >= 4 is 35.0 Å². The van der Waals surface area contributed by atoms with Crippen molar-refractivity contribution in [3.05, 3.63) is 51.8 Å². The molecule has 1 fully saturated rings. The van der Waals surface area contributed by atoms with Gasteiger partial charge in [0.05, 0.1) is 11.5 Å². The quantitative estimate of drug-likeness (QED) is 0.548. The molecule has 7 nitrogen and oxygen atoms in total. The lowest BCUT2D eigenvalue weighted by Gasteiger charge is -2.19. The Bertz CT molecular complexity index is 1020. The van der Waals surface area contributed by atoms with Crippen molar-refractivity contribution in [3.63, 3.8) is 0 Å². The van der Waals surface area contributed by atoms with E-state index in [0.717, 1.165) is 45.0 Å². The minimum Gasteiger partial charge on any atom is -0.464 e. The molecule has 0 aliphatic carbocycles. The van der Waals surface area contributed by atoms with Crippen LogP contribution in [0, 0.1) is 20.8 Å². The maximum absolute atomic E-state index is 12.8. The van der Waals surface area contributed by atoms with E-state index in [9.17, 15) is 14.4 Å². The smallest absolute Gasteiger partial charge is 0.329 e. The minimum atomic E-state index is -0.961. The van der Waals surface area contributed by atoms with Crippen molar-refractivity contribution in [2.45, 2.75) is 40.7 Å². The van der Waals surface area contributed by atoms with Gasteiger partial charge >= 0.3 is 5.97 Å². The molecule has 29 heavy (non-hydrogen) atoms. The van der Waals surface area contributed by atoms with E-state index in [1.165, 1.54) is 6.92 Å². The summed E-state index contributed by atoms with van der Waals surface area (Å²) in [5.74, 6) is -0.289. The topological polar surface area (TPSA) is 81.5 Å². The van der Waals surface area contributed by atoms with Crippen molar-refractivity contribution in [2.24, 2.45) is 0 Å². The Morgan fingerprint density at radius 3 is 2.66 bits per heavy atom. The molecule has 2 aromatic heterocycles. The summed E-state index contributed by atoms with van der Waals surface area (Å²) in [6.07, 6.45) is 3.45. The van der Waals surface area contributed by atoms with Crippen LogP contribution in [0.2, 0.25) is 0 Å². The first-order valence-electron chi connectivity index (χ1n) is 9.30. The monoisotopic (exact) mass is 413 g/mol. The fourth-order valence-corrected chi connectivity index (χ4v) is 4.15. The van der Waals surface area contributed by atoms with Crippen LogP contribution >= 0.6 is 11.8 Å². The number of thioether (sulfide) groups is 1. The van der Waals surface area contributed by atoms with Crippen LogP contribution in [0.1, 0.15) is 36.4 Å². The number of amides is 2. The molecular formula is C21H23N3O4S. The molecule has 0 aromatic carbocycles. The summed E-state index contributed by atoms with van der Waals surface area (Å²) < 4.78 is 6.94. The summed E-state index contributed by atoms with van der Waals surface area (Å²) in [6.45, 7) is 9.26. The van der Waals surface area contributed by atoms with Crippen LogP contribution in [-0.4, -0.2) is 44.2 Å². The first kappa shape index (κ1) is 20.9. The molecular weight excluding hydrogens is 390 g/mol. The number of nitrogens with zero attached hydrogens (tertiary/aromatic N) is 3. The number of aromatic nitrogens is 2. The second-order valence-electron chi connectivity index (χ2n) is 6.83. The Labute approximate surface area is 173 Å². The van der Waals surface area contributed by atoms with Gasteiger partial charge in [0, 0.05) is 17.6 Å². The molecule has 3 rings (SSSR count). The summed E-state index contributed by atoms with van der Waals surface area (Å²) >= 11 is 0.828. The largest absolute Gasteiger partial charge is 0.464 e. The van der Waals surface area contributed by atoms with E-state index in [1.807, 2.05) is 43.5 Å². The highest BCUT2D eigenvalue weighted by molar-refractivity contribution is 8.18. The second-order valence-corrected chi connectivity index (χ2v) is 7.83. The maximum Gasteiger partial charge on any atom is 0.329 e. The molecule has 152 valence electrons. The van der Waals surface area contributed by atoms with Gasteiger partial charge in [-0.1, -0.05) is 0 Å². The molecule has 0 radical (unpaired) electrons. The molecule has 0 bridgehead atoms. The molecule has 1 atom stereocenters. The molecule has 1 aliphatic rings. The standard InChI is InChI=1S/C21H23N3O4S/c1-6-28-20(26)15(5)24-19(25)17(29-21(24)27)11-16-10-13(3)23(14(16)4)18-9-12(2)7-8-22-18/h7-11,15H,6H2,1-5H3/b17-11+/t15-/m1/s1. The zero-order valence-electron chi connectivity index (χ0n) is 17.1. The molecule has 1 saturated heterocycles. The molecule has 0 N–H and O–H groups in total. The second kappa shape index (κ2) is 8.24. The Hall–Kier alpha value is -2.87. The summed E-state index contributed by atoms with van der Waals surface area (Å²) in [5, 5.41) is -0.476. The number of carbonyl (C=O) groups is 3. The number of hydrogen-bond acceptors (Lipinski definition) is 6. The fourth-order valence-electron chi connectivity index (χ4n) is 3.25. The highest BCUT2D eigenvalue weighted by Crippen LogP contribution is 2.35. The lowest BCUT2D eigenvalue weighted by Crippen LogP contribution is -2.42. The average Bonchev–Trinajstić information content (AvgIpc) is 3.09. The van der Waals surface area contributed by atoms with Gasteiger partial charge in [-0.15, -0.1) is 0 Å². The molecule has 2 aromatic rings. The van der Waals surface area contributed by atoms with Gasteiger partial charge in [0.2, 0.25) is 0 Å². The predicted molar refractivity (Wildman–Crippen MR) is 112 cm³/mol. The van der Waals surface area contributed by atoms with Crippen LogP contribution in [-0.2, 0) is 14.3 Å². The van der Waals surface area contributed by atoms with Crippen LogP contribution in [0.5, 0.6) is 0 Å². The predicted octanol–water partition coefficient (Wildman–Crippen LogP) is 3.79. The van der Waals surface area contributed by atoms with E-state index < -0.39 is 23.2 Å². The molecule has 0 unspecified atom stereocenters. The van der Waals surface area contributed by atoms with Crippen LogP contribution in [0.4, 0.5) is 4.79 Å². The van der Waals surface area contributed by atoms with E-state index in [-0.39, 0.29) is 11.5 Å². The highest BCUT2D eigenvalue weighted by Gasteiger charge is 2.41. The number of imide groups is 1. The van der Waals surface area contributed by atoms with Gasteiger partial charge in [0.25, 0.3) is 11.1 Å². The zero-order valence-corrected chi connectivity index (χ0v) is 17.9.